The molecule has 29 heavy (non-hydrogen) atoms. The Kier molecular flexibility index (Phi) is 6.83. The SMILES string of the molecule is Cc1ccc(C)c(N(CC(=O)Nc2cc([N+](=O)[O-])ccc2Cl)S(=O)(=O)N(C)C)c1. The highest BCUT2D eigenvalue weighted by atomic mass is 35.5. The minimum Gasteiger partial charge on any atom is -0.323 e. The van der Waals surface area contributed by atoms with Crippen LogP contribution in [0, 0.1) is 24.0 Å². The number of benzene rings is 2. The first-order valence-electron chi connectivity index (χ1n) is 8.44. The van der Waals surface area contributed by atoms with Gasteiger partial charge in [0.25, 0.3) is 5.69 Å². The highest BCUT2D eigenvalue weighted by molar-refractivity contribution is 7.90. The van der Waals surface area contributed by atoms with E-state index < -0.39 is 27.6 Å². The summed E-state index contributed by atoms with van der Waals surface area (Å²) in [5, 5.41) is 13.5. The van der Waals surface area contributed by atoms with Gasteiger partial charge in [0.1, 0.15) is 6.54 Å². The standard InChI is InChI=1S/C18H21ClN4O5S/c1-12-5-6-13(2)17(9-12)22(29(27,28)21(3)4)11-18(24)20-16-10-14(23(25)26)7-8-15(16)19/h5-10H,11H2,1-4H3,(H,20,24). The molecule has 0 aromatic heterocycles. The van der Waals surface area contributed by atoms with Gasteiger partial charge in [0, 0.05) is 26.2 Å². The molecule has 0 aliphatic rings. The van der Waals surface area contributed by atoms with Gasteiger partial charge in [-0.1, -0.05) is 23.7 Å². The third-order valence-electron chi connectivity index (χ3n) is 4.10. The molecular formula is C18H21ClN4O5S. The van der Waals surface area contributed by atoms with Gasteiger partial charge in [-0.15, -0.1) is 0 Å². The third kappa shape index (κ3) is 5.22. The normalized spacial score (nSPS) is 11.4. The minimum atomic E-state index is -3.99. The number of carbonyl (C=O) groups excluding carboxylic acids is 1. The Labute approximate surface area is 174 Å². The maximum Gasteiger partial charge on any atom is 0.304 e. The van der Waals surface area contributed by atoms with Gasteiger partial charge in [0.05, 0.1) is 21.3 Å². The third-order valence-corrected chi connectivity index (χ3v) is 6.23. The van der Waals surface area contributed by atoms with Crippen LogP contribution in [0.3, 0.4) is 0 Å². The van der Waals surface area contributed by atoms with Gasteiger partial charge in [-0.3, -0.25) is 14.9 Å². The van der Waals surface area contributed by atoms with Crippen LogP contribution >= 0.6 is 11.6 Å². The minimum absolute atomic E-state index is 0.0223. The summed E-state index contributed by atoms with van der Waals surface area (Å²) in [6, 6.07) is 8.87. The summed E-state index contributed by atoms with van der Waals surface area (Å²) in [7, 11) is -1.26. The first kappa shape index (κ1) is 22.6. The number of hydrogen-bond acceptors (Lipinski definition) is 5. The second kappa shape index (κ2) is 8.76. The number of halogens is 1. The second-order valence-corrected chi connectivity index (χ2v) is 9.03. The topological polar surface area (TPSA) is 113 Å². The van der Waals surface area contributed by atoms with Crippen LogP contribution in [0.2, 0.25) is 5.02 Å². The summed E-state index contributed by atoms with van der Waals surface area (Å²) in [4.78, 5) is 23.0. The average Bonchev–Trinajstić information content (AvgIpc) is 2.63. The fourth-order valence-corrected chi connectivity index (χ4v) is 3.80. The first-order chi connectivity index (χ1) is 13.4. The maximum absolute atomic E-state index is 12.8. The van der Waals surface area contributed by atoms with Crippen molar-refractivity contribution in [3.8, 4) is 0 Å². The number of aryl methyl sites for hydroxylation is 2. The van der Waals surface area contributed by atoms with Crippen molar-refractivity contribution in [3.63, 3.8) is 0 Å². The van der Waals surface area contributed by atoms with E-state index in [0.717, 1.165) is 20.2 Å². The van der Waals surface area contributed by atoms with Crippen LogP contribution in [-0.2, 0) is 15.0 Å². The van der Waals surface area contributed by atoms with Crippen molar-refractivity contribution in [3.05, 3.63) is 62.7 Å². The number of carbonyl (C=O) groups is 1. The highest BCUT2D eigenvalue weighted by Gasteiger charge is 2.29. The lowest BCUT2D eigenvalue weighted by Gasteiger charge is -2.28. The Morgan fingerprint density at radius 3 is 2.41 bits per heavy atom. The van der Waals surface area contributed by atoms with Crippen LogP contribution in [0.5, 0.6) is 0 Å². The largest absolute Gasteiger partial charge is 0.323 e. The van der Waals surface area contributed by atoms with E-state index in [0.29, 0.717) is 11.3 Å². The van der Waals surface area contributed by atoms with Gasteiger partial charge in [-0.2, -0.15) is 12.7 Å². The van der Waals surface area contributed by atoms with E-state index in [-0.39, 0.29) is 16.4 Å². The van der Waals surface area contributed by atoms with E-state index in [4.69, 9.17) is 11.6 Å². The number of nitro benzene ring substituents is 1. The van der Waals surface area contributed by atoms with Crippen molar-refractivity contribution in [2.75, 3.05) is 30.3 Å². The van der Waals surface area contributed by atoms with E-state index in [1.165, 1.54) is 26.2 Å². The molecule has 0 fully saturated rings. The van der Waals surface area contributed by atoms with Crippen LogP contribution in [0.15, 0.2) is 36.4 Å². The molecule has 0 heterocycles. The Hall–Kier alpha value is -2.69. The molecular weight excluding hydrogens is 420 g/mol. The lowest BCUT2D eigenvalue weighted by Crippen LogP contribution is -2.44. The van der Waals surface area contributed by atoms with E-state index >= 15 is 0 Å². The summed E-state index contributed by atoms with van der Waals surface area (Å²) in [5.74, 6) is -0.696. The van der Waals surface area contributed by atoms with E-state index in [9.17, 15) is 23.3 Å². The van der Waals surface area contributed by atoms with Gasteiger partial charge in [0.2, 0.25) is 5.91 Å². The quantitative estimate of drug-likeness (QED) is 0.525. The molecule has 0 saturated heterocycles. The lowest BCUT2D eigenvalue weighted by atomic mass is 10.1. The molecule has 0 saturated carbocycles. The monoisotopic (exact) mass is 440 g/mol. The summed E-state index contributed by atoms with van der Waals surface area (Å²) in [5.41, 5.74) is 1.62. The molecule has 0 bridgehead atoms. The zero-order valence-electron chi connectivity index (χ0n) is 16.3. The van der Waals surface area contributed by atoms with Crippen LogP contribution in [0.25, 0.3) is 0 Å². The number of non-ortho nitro benzene ring substituents is 1. The first-order valence-corrected chi connectivity index (χ1v) is 10.2. The number of anilines is 2. The van der Waals surface area contributed by atoms with Crippen molar-refractivity contribution in [2.24, 2.45) is 0 Å². The van der Waals surface area contributed by atoms with Crippen LogP contribution in [0.1, 0.15) is 11.1 Å². The number of amides is 1. The van der Waals surface area contributed by atoms with E-state index in [2.05, 4.69) is 5.32 Å². The Bertz CT molecular complexity index is 1060. The van der Waals surface area contributed by atoms with Crippen LogP contribution in [0.4, 0.5) is 17.1 Å². The zero-order chi connectivity index (χ0) is 21.9. The summed E-state index contributed by atoms with van der Waals surface area (Å²) in [6.45, 7) is 3.01. The molecule has 0 aliphatic carbocycles. The molecule has 2 rings (SSSR count). The van der Waals surface area contributed by atoms with Gasteiger partial charge >= 0.3 is 10.2 Å². The smallest absolute Gasteiger partial charge is 0.304 e. The van der Waals surface area contributed by atoms with Gasteiger partial charge < -0.3 is 5.32 Å². The molecule has 0 radical (unpaired) electrons. The molecule has 2 aromatic rings. The molecule has 156 valence electrons. The van der Waals surface area contributed by atoms with E-state index in [1.54, 1.807) is 19.1 Å². The predicted octanol–water partition coefficient (Wildman–Crippen LogP) is 3.12. The molecule has 1 N–H and O–H groups in total. The predicted molar refractivity (Wildman–Crippen MR) is 113 cm³/mol. The number of hydrogen-bond donors (Lipinski definition) is 1. The number of rotatable bonds is 7. The fraction of sp³-hybridized carbons (Fsp3) is 0.278. The Morgan fingerprint density at radius 1 is 1.17 bits per heavy atom. The molecule has 9 nitrogen and oxygen atoms in total. The number of nitrogens with zero attached hydrogens (tertiary/aromatic N) is 3. The second-order valence-electron chi connectivity index (χ2n) is 6.56. The Morgan fingerprint density at radius 2 is 1.83 bits per heavy atom. The van der Waals surface area contributed by atoms with Gasteiger partial charge in [-0.25, -0.2) is 4.31 Å². The Balaban J connectivity index is 2.40. The molecule has 1 amide bonds. The highest BCUT2D eigenvalue weighted by Crippen LogP contribution is 2.28. The summed E-state index contributed by atoms with van der Waals surface area (Å²) >= 11 is 6.01. The van der Waals surface area contributed by atoms with Crippen LogP contribution < -0.4 is 9.62 Å². The van der Waals surface area contributed by atoms with Crippen molar-refractivity contribution >= 4 is 44.8 Å². The molecule has 0 atom stereocenters. The average molecular weight is 441 g/mol. The number of nitrogens with one attached hydrogen (secondary N) is 1. The maximum atomic E-state index is 12.8. The van der Waals surface area contributed by atoms with Crippen molar-refractivity contribution in [2.45, 2.75) is 13.8 Å². The molecule has 2 aromatic carbocycles. The fourth-order valence-electron chi connectivity index (χ4n) is 2.52. The van der Waals surface area contributed by atoms with Crippen molar-refractivity contribution < 1.29 is 18.1 Å². The molecule has 0 spiro atoms. The number of nitro groups is 1. The van der Waals surface area contributed by atoms with Crippen LogP contribution in [-0.4, -0.2) is 44.2 Å². The lowest BCUT2D eigenvalue weighted by molar-refractivity contribution is -0.384. The van der Waals surface area contributed by atoms with Crippen molar-refractivity contribution in [1.29, 1.82) is 0 Å². The molecule has 0 aliphatic heterocycles. The zero-order valence-corrected chi connectivity index (χ0v) is 17.9. The molecule has 0 unspecified atom stereocenters. The van der Waals surface area contributed by atoms with Gasteiger partial charge in [-0.05, 0) is 37.1 Å². The van der Waals surface area contributed by atoms with Gasteiger partial charge in [0.15, 0.2) is 0 Å². The van der Waals surface area contributed by atoms with Crippen molar-refractivity contribution in [1.82, 2.24) is 4.31 Å². The van der Waals surface area contributed by atoms with E-state index in [1.807, 2.05) is 13.0 Å². The summed E-state index contributed by atoms with van der Waals surface area (Å²) < 4.78 is 27.7. The molecule has 11 heteroatoms. The summed E-state index contributed by atoms with van der Waals surface area (Å²) in [6.07, 6.45) is 0.